The molecule has 1 aromatic carbocycles. The number of anilines is 1. The normalized spacial score (nSPS) is 15.4. The quantitative estimate of drug-likeness (QED) is 0.870. The van der Waals surface area contributed by atoms with Crippen LogP contribution >= 0.6 is 0 Å². The van der Waals surface area contributed by atoms with Crippen molar-refractivity contribution in [3.8, 4) is 0 Å². The molecule has 0 atom stereocenters. The van der Waals surface area contributed by atoms with Crippen molar-refractivity contribution in [2.24, 2.45) is 5.92 Å². The van der Waals surface area contributed by atoms with E-state index >= 15 is 0 Å². The molecule has 1 aromatic heterocycles. The lowest BCUT2D eigenvalue weighted by atomic mass is 9.95. The van der Waals surface area contributed by atoms with Crippen LogP contribution in [0.5, 0.6) is 0 Å². The number of benzene rings is 1. The summed E-state index contributed by atoms with van der Waals surface area (Å²) >= 11 is 0. The smallest absolute Gasteiger partial charge is 0.225 e. The molecule has 5 nitrogen and oxygen atoms in total. The number of nitrogens with zero attached hydrogens (tertiary/aromatic N) is 4. The highest BCUT2D eigenvalue weighted by Crippen LogP contribution is 2.23. The van der Waals surface area contributed by atoms with E-state index in [-0.39, 0.29) is 11.8 Å². The first-order chi connectivity index (χ1) is 11.2. The van der Waals surface area contributed by atoms with Crippen LogP contribution < -0.4 is 4.90 Å². The number of amides is 1. The summed E-state index contributed by atoms with van der Waals surface area (Å²) in [5, 5.41) is 0. The van der Waals surface area contributed by atoms with E-state index in [1.54, 1.807) is 18.6 Å². The minimum Gasteiger partial charge on any atom is -0.355 e. The number of carbonyl (C=O) groups excluding carboxylic acids is 1. The Morgan fingerprint density at radius 3 is 2.61 bits per heavy atom. The molecule has 1 aliphatic heterocycles. The second-order valence-electron chi connectivity index (χ2n) is 6.00. The maximum Gasteiger partial charge on any atom is 0.225 e. The van der Waals surface area contributed by atoms with Gasteiger partial charge in [0.15, 0.2) is 0 Å². The van der Waals surface area contributed by atoms with Crippen LogP contribution in [-0.4, -0.2) is 40.9 Å². The summed E-state index contributed by atoms with van der Waals surface area (Å²) in [6.07, 6.45) is 6.91. The molecule has 0 bridgehead atoms. The molecular formula is C18H22N4O. The Bertz CT molecular complexity index is 624. The highest BCUT2D eigenvalue weighted by Gasteiger charge is 2.27. The predicted octanol–water partition coefficient (Wildman–Crippen LogP) is 2.35. The zero-order chi connectivity index (χ0) is 16.1. The molecule has 120 valence electrons. The van der Waals surface area contributed by atoms with Crippen molar-refractivity contribution in [1.82, 2.24) is 14.9 Å². The number of carbonyl (C=O) groups is 1. The van der Waals surface area contributed by atoms with Crippen molar-refractivity contribution in [2.45, 2.75) is 19.4 Å². The Morgan fingerprint density at radius 2 is 1.96 bits per heavy atom. The molecule has 0 saturated carbocycles. The molecule has 1 fully saturated rings. The molecule has 23 heavy (non-hydrogen) atoms. The lowest BCUT2D eigenvalue weighted by Gasteiger charge is -2.33. The largest absolute Gasteiger partial charge is 0.355 e. The van der Waals surface area contributed by atoms with Crippen molar-refractivity contribution in [2.75, 3.05) is 25.0 Å². The predicted molar refractivity (Wildman–Crippen MR) is 89.9 cm³/mol. The molecule has 1 amide bonds. The standard InChI is InChI=1S/C18H22N4O/c1-21(14-15-5-3-2-4-6-15)18(23)16-7-11-22(12-8-16)17-13-19-9-10-20-17/h2-6,9-10,13,16H,7-8,11-12,14H2,1H3. The Balaban J connectivity index is 1.54. The van der Waals surface area contributed by atoms with E-state index in [2.05, 4.69) is 27.0 Å². The first-order valence-corrected chi connectivity index (χ1v) is 8.04. The lowest BCUT2D eigenvalue weighted by molar-refractivity contribution is -0.135. The third-order valence-corrected chi connectivity index (χ3v) is 4.36. The molecule has 5 heteroatoms. The molecule has 0 N–H and O–H groups in total. The third kappa shape index (κ3) is 3.86. The zero-order valence-corrected chi connectivity index (χ0v) is 13.4. The molecule has 0 radical (unpaired) electrons. The SMILES string of the molecule is CN(Cc1ccccc1)C(=O)C1CCN(c2cnccn2)CC1. The Morgan fingerprint density at radius 1 is 1.22 bits per heavy atom. The van der Waals surface area contributed by atoms with E-state index in [1.807, 2.05) is 30.1 Å². The Kier molecular flexibility index (Phi) is 4.86. The second kappa shape index (κ2) is 7.22. The minimum atomic E-state index is 0.108. The maximum atomic E-state index is 12.6. The van der Waals surface area contributed by atoms with E-state index in [1.165, 1.54) is 5.56 Å². The summed E-state index contributed by atoms with van der Waals surface area (Å²) in [7, 11) is 1.89. The number of rotatable bonds is 4. The molecule has 3 rings (SSSR count). The van der Waals surface area contributed by atoms with Gasteiger partial charge < -0.3 is 9.80 Å². The summed E-state index contributed by atoms with van der Waals surface area (Å²) in [6, 6.07) is 10.1. The van der Waals surface area contributed by atoms with Crippen molar-refractivity contribution in [1.29, 1.82) is 0 Å². The molecule has 0 aliphatic carbocycles. The highest BCUT2D eigenvalue weighted by molar-refractivity contribution is 5.78. The van der Waals surface area contributed by atoms with E-state index in [4.69, 9.17) is 0 Å². The van der Waals surface area contributed by atoms with Crippen LogP contribution in [0.15, 0.2) is 48.9 Å². The molecule has 1 saturated heterocycles. The summed E-state index contributed by atoms with van der Waals surface area (Å²) in [5.41, 5.74) is 1.17. The first-order valence-electron chi connectivity index (χ1n) is 8.04. The van der Waals surface area contributed by atoms with E-state index in [0.717, 1.165) is 31.7 Å². The van der Waals surface area contributed by atoms with Gasteiger partial charge in [-0.15, -0.1) is 0 Å². The van der Waals surface area contributed by atoms with Crippen LogP contribution in [0.4, 0.5) is 5.82 Å². The van der Waals surface area contributed by atoms with E-state index in [0.29, 0.717) is 6.54 Å². The lowest BCUT2D eigenvalue weighted by Crippen LogP contribution is -2.41. The monoisotopic (exact) mass is 310 g/mol. The molecule has 2 heterocycles. The average molecular weight is 310 g/mol. The fourth-order valence-electron chi connectivity index (χ4n) is 3.06. The Hall–Kier alpha value is -2.43. The number of hydrogen-bond donors (Lipinski definition) is 0. The van der Waals surface area contributed by atoms with Gasteiger partial charge in [-0.1, -0.05) is 30.3 Å². The molecule has 2 aromatic rings. The summed E-state index contributed by atoms with van der Waals surface area (Å²) in [4.78, 5) is 25.1. The van der Waals surface area contributed by atoms with Crippen molar-refractivity contribution >= 4 is 11.7 Å². The van der Waals surface area contributed by atoms with Crippen LogP contribution in [0.3, 0.4) is 0 Å². The third-order valence-electron chi connectivity index (χ3n) is 4.36. The summed E-state index contributed by atoms with van der Waals surface area (Å²) < 4.78 is 0. The molecular weight excluding hydrogens is 288 g/mol. The van der Waals surface area contributed by atoms with Crippen molar-refractivity contribution in [3.63, 3.8) is 0 Å². The van der Waals surface area contributed by atoms with E-state index in [9.17, 15) is 4.79 Å². The highest BCUT2D eigenvalue weighted by atomic mass is 16.2. The Labute approximate surface area is 137 Å². The van der Waals surface area contributed by atoms with Crippen LogP contribution in [0.2, 0.25) is 0 Å². The van der Waals surface area contributed by atoms with Gasteiger partial charge in [-0.25, -0.2) is 4.98 Å². The van der Waals surface area contributed by atoms with Crippen LogP contribution in [-0.2, 0) is 11.3 Å². The zero-order valence-electron chi connectivity index (χ0n) is 13.4. The van der Waals surface area contributed by atoms with Gasteiger partial charge in [-0.3, -0.25) is 9.78 Å². The average Bonchev–Trinajstić information content (AvgIpc) is 2.63. The van der Waals surface area contributed by atoms with Crippen molar-refractivity contribution in [3.05, 3.63) is 54.5 Å². The number of aromatic nitrogens is 2. The molecule has 0 spiro atoms. The van der Waals surface area contributed by atoms with Gasteiger partial charge in [0.1, 0.15) is 5.82 Å². The van der Waals surface area contributed by atoms with Gasteiger partial charge in [0.05, 0.1) is 6.20 Å². The summed E-state index contributed by atoms with van der Waals surface area (Å²) in [6.45, 7) is 2.38. The minimum absolute atomic E-state index is 0.108. The maximum absolute atomic E-state index is 12.6. The van der Waals surface area contributed by atoms with Gasteiger partial charge >= 0.3 is 0 Å². The van der Waals surface area contributed by atoms with E-state index < -0.39 is 0 Å². The van der Waals surface area contributed by atoms with Gasteiger partial charge in [0, 0.05) is 45.0 Å². The van der Waals surface area contributed by atoms with Gasteiger partial charge in [0.25, 0.3) is 0 Å². The van der Waals surface area contributed by atoms with Crippen LogP contribution in [0, 0.1) is 5.92 Å². The van der Waals surface area contributed by atoms with Gasteiger partial charge in [-0.2, -0.15) is 0 Å². The number of piperidine rings is 1. The molecule has 0 unspecified atom stereocenters. The first kappa shape index (κ1) is 15.5. The molecule has 1 aliphatic rings. The second-order valence-corrected chi connectivity index (χ2v) is 6.00. The van der Waals surface area contributed by atoms with Crippen LogP contribution in [0.1, 0.15) is 18.4 Å². The fraction of sp³-hybridized carbons (Fsp3) is 0.389. The van der Waals surface area contributed by atoms with Gasteiger partial charge in [0.2, 0.25) is 5.91 Å². The topological polar surface area (TPSA) is 49.3 Å². The number of hydrogen-bond acceptors (Lipinski definition) is 4. The van der Waals surface area contributed by atoms with Gasteiger partial charge in [-0.05, 0) is 18.4 Å². The fourth-order valence-corrected chi connectivity index (χ4v) is 3.06. The van der Waals surface area contributed by atoms with Crippen molar-refractivity contribution < 1.29 is 4.79 Å². The van der Waals surface area contributed by atoms with Crippen LogP contribution in [0.25, 0.3) is 0 Å². The summed E-state index contributed by atoms with van der Waals surface area (Å²) in [5.74, 6) is 1.25.